The number of nitrogens with two attached hydrogens (primary N) is 1. The summed E-state index contributed by atoms with van der Waals surface area (Å²) >= 11 is 0. The molecule has 0 fully saturated rings. The Morgan fingerprint density at radius 2 is 2.40 bits per heavy atom. The lowest BCUT2D eigenvalue weighted by Crippen LogP contribution is -2.41. The molecule has 1 amide bonds. The normalized spacial score (nSPS) is 14.6. The van der Waals surface area contributed by atoms with Crippen molar-refractivity contribution in [3.8, 4) is 0 Å². The number of carbonyl (C=O) groups is 1. The summed E-state index contributed by atoms with van der Waals surface area (Å²) in [6.07, 6.45) is 1.55. The van der Waals surface area contributed by atoms with Crippen molar-refractivity contribution >= 4 is 5.91 Å². The van der Waals surface area contributed by atoms with Gasteiger partial charge in [-0.3, -0.25) is 4.79 Å². The van der Waals surface area contributed by atoms with Crippen LogP contribution in [-0.4, -0.2) is 32.6 Å². The lowest BCUT2D eigenvalue weighted by atomic mass is 10.1. The van der Waals surface area contributed by atoms with Crippen molar-refractivity contribution < 1.29 is 4.79 Å². The molecule has 0 saturated carbocycles. The van der Waals surface area contributed by atoms with E-state index in [9.17, 15) is 4.79 Å². The molecule has 0 spiro atoms. The Labute approximate surface area is 87.8 Å². The molecule has 0 aliphatic rings. The number of carbonyl (C=O) groups excluding carboxylic acids is 1. The molecule has 84 valence electrons. The first-order valence-corrected chi connectivity index (χ1v) is 4.94. The molecule has 1 rings (SSSR count). The van der Waals surface area contributed by atoms with Gasteiger partial charge in [0.1, 0.15) is 0 Å². The summed E-state index contributed by atoms with van der Waals surface area (Å²) in [6, 6.07) is -0.747. The van der Waals surface area contributed by atoms with Crippen molar-refractivity contribution in [1.82, 2.24) is 25.9 Å². The summed E-state index contributed by atoms with van der Waals surface area (Å²) in [5.74, 6) is 0.265. The van der Waals surface area contributed by atoms with E-state index in [0.29, 0.717) is 12.2 Å². The second kappa shape index (κ2) is 5.40. The number of aromatic amines is 1. The van der Waals surface area contributed by atoms with Gasteiger partial charge < -0.3 is 11.1 Å². The minimum absolute atomic E-state index is 0.186. The monoisotopic (exact) mass is 212 g/mol. The first-order chi connectivity index (χ1) is 7.15. The summed E-state index contributed by atoms with van der Waals surface area (Å²) in [6.45, 7) is 3.76. The SMILES string of the molecule is CCCC(N)C(=O)NC(C)c1nn[nH]n1. The summed E-state index contributed by atoms with van der Waals surface area (Å²) in [5.41, 5.74) is 5.65. The molecule has 0 radical (unpaired) electrons. The second-order valence-corrected chi connectivity index (χ2v) is 3.40. The van der Waals surface area contributed by atoms with Crippen molar-refractivity contribution in [2.75, 3.05) is 0 Å². The predicted molar refractivity (Wildman–Crippen MR) is 53.6 cm³/mol. The van der Waals surface area contributed by atoms with Gasteiger partial charge in [0.05, 0.1) is 12.1 Å². The van der Waals surface area contributed by atoms with E-state index in [1.54, 1.807) is 6.92 Å². The number of hydrogen-bond acceptors (Lipinski definition) is 5. The lowest BCUT2D eigenvalue weighted by molar-refractivity contribution is -0.123. The van der Waals surface area contributed by atoms with Gasteiger partial charge in [0.25, 0.3) is 0 Å². The average Bonchev–Trinajstić information content (AvgIpc) is 2.70. The molecule has 7 heteroatoms. The van der Waals surface area contributed by atoms with E-state index < -0.39 is 6.04 Å². The molecule has 1 aromatic heterocycles. The van der Waals surface area contributed by atoms with Gasteiger partial charge in [0, 0.05) is 0 Å². The first-order valence-electron chi connectivity index (χ1n) is 4.94. The van der Waals surface area contributed by atoms with Crippen LogP contribution < -0.4 is 11.1 Å². The predicted octanol–water partition coefficient (Wildman–Crippen LogP) is -0.496. The van der Waals surface area contributed by atoms with Gasteiger partial charge in [-0.15, -0.1) is 10.2 Å². The Hall–Kier alpha value is -1.50. The number of rotatable bonds is 5. The second-order valence-electron chi connectivity index (χ2n) is 3.40. The maximum absolute atomic E-state index is 11.5. The van der Waals surface area contributed by atoms with E-state index >= 15 is 0 Å². The third-order valence-electron chi connectivity index (χ3n) is 2.04. The van der Waals surface area contributed by atoms with Crippen LogP contribution in [0.4, 0.5) is 0 Å². The van der Waals surface area contributed by atoms with Gasteiger partial charge in [-0.2, -0.15) is 5.21 Å². The van der Waals surface area contributed by atoms with Crippen LogP contribution in [0.2, 0.25) is 0 Å². The molecule has 2 atom stereocenters. The topological polar surface area (TPSA) is 110 Å². The minimum Gasteiger partial charge on any atom is -0.345 e. The Morgan fingerprint density at radius 1 is 1.67 bits per heavy atom. The zero-order valence-electron chi connectivity index (χ0n) is 8.90. The molecule has 0 saturated heterocycles. The summed E-state index contributed by atoms with van der Waals surface area (Å²) in [5, 5.41) is 16.0. The average molecular weight is 212 g/mol. The summed E-state index contributed by atoms with van der Waals surface area (Å²) in [7, 11) is 0. The summed E-state index contributed by atoms with van der Waals surface area (Å²) < 4.78 is 0. The van der Waals surface area contributed by atoms with E-state index in [4.69, 9.17) is 5.73 Å². The van der Waals surface area contributed by atoms with Crippen LogP contribution in [0.3, 0.4) is 0 Å². The van der Waals surface area contributed by atoms with Crippen LogP contribution in [-0.2, 0) is 4.79 Å². The van der Waals surface area contributed by atoms with Crippen molar-refractivity contribution in [2.24, 2.45) is 5.73 Å². The standard InChI is InChI=1S/C8H16N6O/c1-3-4-6(9)8(15)10-5(2)7-11-13-14-12-7/h5-6H,3-4,9H2,1-2H3,(H,10,15)(H,11,12,13,14). The number of nitrogens with zero attached hydrogens (tertiary/aromatic N) is 3. The third-order valence-corrected chi connectivity index (χ3v) is 2.04. The third kappa shape index (κ3) is 3.28. The van der Waals surface area contributed by atoms with E-state index in [1.165, 1.54) is 0 Å². The Morgan fingerprint density at radius 3 is 2.93 bits per heavy atom. The Balaban J connectivity index is 2.44. The molecular formula is C8H16N6O. The molecule has 15 heavy (non-hydrogen) atoms. The number of amides is 1. The van der Waals surface area contributed by atoms with Crippen LogP contribution in [0.25, 0.3) is 0 Å². The van der Waals surface area contributed by atoms with Crippen LogP contribution in [0.1, 0.15) is 38.6 Å². The number of tetrazole rings is 1. The van der Waals surface area contributed by atoms with Crippen LogP contribution in [0, 0.1) is 0 Å². The van der Waals surface area contributed by atoms with Gasteiger partial charge in [0.2, 0.25) is 5.91 Å². The van der Waals surface area contributed by atoms with Crippen LogP contribution in [0.5, 0.6) is 0 Å². The molecule has 7 nitrogen and oxygen atoms in total. The molecule has 1 aromatic rings. The zero-order chi connectivity index (χ0) is 11.3. The smallest absolute Gasteiger partial charge is 0.237 e. The zero-order valence-corrected chi connectivity index (χ0v) is 8.90. The maximum Gasteiger partial charge on any atom is 0.237 e. The molecule has 0 aromatic carbocycles. The number of hydrogen-bond donors (Lipinski definition) is 3. The highest BCUT2D eigenvalue weighted by molar-refractivity contribution is 5.81. The van der Waals surface area contributed by atoms with E-state index in [-0.39, 0.29) is 11.9 Å². The Kier molecular flexibility index (Phi) is 4.17. The maximum atomic E-state index is 11.5. The van der Waals surface area contributed by atoms with Gasteiger partial charge in [-0.1, -0.05) is 18.6 Å². The number of nitrogens with one attached hydrogen (secondary N) is 2. The molecule has 0 aliphatic carbocycles. The Bertz CT molecular complexity index is 298. The fourth-order valence-electron chi connectivity index (χ4n) is 1.18. The largest absolute Gasteiger partial charge is 0.345 e. The number of aromatic nitrogens is 4. The van der Waals surface area contributed by atoms with Gasteiger partial charge in [-0.25, -0.2) is 0 Å². The number of H-pyrrole nitrogens is 1. The molecule has 1 heterocycles. The van der Waals surface area contributed by atoms with Crippen molar-refractivity contribution in [2.45, 2.75) is 38.8 Å². The summed E-state index contributed by atoms with van der Waals surface area (Å²) in [4.78, 5) is 11.5. The highest BCUT2D eigenvalue weighted by atomic mass is 16.2. The van der Waals surface area contributed by atoms with E-state index in [0.717, 1.165) is 6.42 Å². The molecular weight excluding hydrogens is 196 g/mol. The first kappa shape index (κ1) is 11.6. The molecule has 0 aliphatic heterocycles. The quantitative estimate of drug-likeness (QED) is 0.609. The minimum atomic E-state index is -0.468. The van der Waals surface area contributed by atoms with Crippen LogP contribution in [0.15, 0.2) is 0 Å². The highest BCUT2D eigenvalue weighted by Gasteiger charge is 2.17. The van der Waals surface area contributed by atoms with Crippen molar-refractivity contribution in [3.63, 3.8) is 0 Å². The van der Waals surface area contributed by atoms with Gasteiger partial charge in [0.15, 0.2) is 5.82 Å². The van der Waals surface area contributed by atoms with E-state index in [1.807, 2.05) is 6.92 Å². The van der Waals surface area contributed by atoms with Crippen molar-refractivity contribution in [1.29, 1.82) is 0 Å². The van der Waals surface area contributed by atoms with Crippen LogP contribution >= 0.6 is 0 Å². The van der Waals surface area contributed by atoms with Gasteiger partial charge >= 0.3 is 0 Å². The van der Waals surface area contributed by atoms with Crippen molar-refractivity contribution in [3.05, 3.63) is 5.82 Å². The molecule has 0 bridgehead atoms. The highest BCUT2D eigenvalue weighted by Crippen LogP contribution is 2.04. The van der Waals surface area contributed by atoms with Gasteiger partial charge in [-0.05, 0) is 13.3 Å². The van der Waals surface area contributed by atoms with E-state index in [2.05, 4.69) is 25.9 Å². The fraction of sp³-hybridized carbons (Fsp3) is 0.750. The molecule has 4 N–H and O–H groups in total. The lowest BCUT2D eigenvalue weighted by Gasteiger charge is -2.14. The fourth-order valence-corrected chi connectivity index (χ4v) is 1.18. The molecule has 2 unspecified atom stereocenters.